The lowest BCUT2D eigenvalue weighted by Crippen LogP contribution is -1.94. The molecule has 0 aliphatic heterocycles. The summed E-state index contributed by atoms with van der Waals surface area (Å²) >= 11 is 0. The van der Waals surface area contributed by atoms with Gasteiger partial charge in [-0.05, 0) is 56.7 Å². The van der Waals surface area contributed by atoms with Crippen molar-refractivity contribution in [2.75, 3.05) is 0 Å². The van der Waals surface area contributed by atoms with Gasteiger partial charge in [-0.25, -0.2) is 0 Å². The Hall–Kier alpha value is -3.75. The van der Waals surface area contributed by atoms with Crippen LogP contribution in [-0.4, -0.2) is 15.0 Å². The summed E-state index contributed by atoms with van der Waals surface area (Å²) in [6.45, 7) is 4.97. The molecule has 3 aromatic rings. The standard InChI is InChI=1S/C18H15N3O6/c1-10-8-13(9-15(11(10)2)20(22)23)16-6-4-14(26-16)5-7-17-18(21(24)25)12(3)19-27-17/h4-9H,1-3H3/b7-5-. The van der Waals surface area contributed by atoms with E-state index in [9.17, 15) is 20.2 Å². The molecule has 0 saturated carbocycles. The average Bonchev–Trinajstić information content (AvgIpc) is 3.21. The highest BCUT2D eigenvalue weighted by atomic mass is 16.6. The number of hydrogen-bond acceptors (Lipinski definition) is 7. The SMILES string of the molecule is Cc1cc(-c2ccc(/C=C\c3onc(C)c3[N+](=O)[O-])o2)cc([N+](=O)[O-])c1C. The van der Waals surface area contributed by atoms with Crippen LogP contribution in [0, 0.1) is 41.0 Å². The van der Waals surface area contributed by atoms with Gasteiger partial charge in [-0.15, -0.1) is 0 Å². The Morgan fingerprint density at radius 1 is 1.04 bits per heavy atom. The zero-order valence-electron chi connectivity index (χ0n) is 14.8. The minimum atomic E-state index is -0.562. The highest BCUT2D eigenvalue weighted by Gasteiger charge is 2.22. The molecule has 0 aliphatic carbocycles. The molecule has 2 heterocycles. The first-order valence-electron chi connectivity index (χ1n) is 7.92. The normalized spacial score (nSPS) is 11.2. The maximum Gasteiger partial charge on any atom is 0.338 e. The third kappa shape index (κ3) is 3.47. The molecule has 3 rings (SSSR count). The molecule has 27 heavy (non-hydrogen) atoms. The molecule has 0 saturated heterocycles. The quantitative estimate of drug-likeness (QED) is 0.465. The van der Waals surface area contributed by atoms with E-state index in [0.29, 0.717) is 22.6 Å². The van der Waals surface area contributed by atoms with Crippen molar-refractivity contribution >= 4 is 23.5 Å². The van der Waals surface area contributed by atoms with Crippen LogP contribution in [0.5, 0.6) is 0 Å². The average molecular weight is 369 g/mol. The van der Waals surface area contributed by atoms with E-state index >= 15 is 0 Å². The van der Waals surface area contributed by atoms with Crippen molar-refractivity contribution in [2.24, 2.45) is 0 Å². The molecule has 0 amide bonds. The number of rotatable bonds is 5. The number of hydrogen-bond donors (Lipinski definition) is 0. The molecule has 0 aliphatic rings. The first-order chi connectivity index (χ1) is 12.8. The fourth-order valence-corrected chi connectivity index (χ4v) is 2.64. The number of nitrogens with zero attached hydrogens (tertiary/aromatic N) is 3. The Morgan fingerprint density at radius 2 is 1.78 bits per heavy atom. The highest BCUT2D eigenvalue weighted by Crippen LogP contribution is 2.31. The number of aryl methyl sites for hydroxylation is 2. The Morgan fingerprint density at radius 3 is 2.44 bits per heavy atom. The molecule has 0 fully saturated rings. The minimum absolute atomic E-state index is 0.0114. The lowest BCUT2D eigenvalue weighted by atomic mass is 10.0. The predicted molar refractivity (Wildman–Crippen MR) is 97.1 cm³/mol. The van der Waals surface area contributed by atoms with E-state index in [2.05, 4.69) is 5.16 Å². The zero-order chi connectivity index (χ0) is 19.7. The molecule has 0 atom stereocenters. The van der Waals surface area contributed by atoms with E-state index in [1.807, 2.05) is 0 Å². The molecular formula is C18H15N3O6. The van der Waals surface area contributed by atoms with Crippen LogP contribution in [0.25, 0.3) is 23.5 Å². The van der Waals surface area contributed by atoms with Gasteiger partial charge in [-0.3, -0.25) is 20.2 Å². The van der Waals surface area contributed by atoms with E-state index in [1.54, 1.807) is 32.0 Å². The summed E-state index contributed by atoms with van der Waals surface area (Å²) in [6, 6.07) is 6.59. The summed E-state index contributed by atoms with van der Waals surface area (Å²) in [5, 5.41) is 25.8. The lowest BCUT2D eigenvalue weighted by Gasteiger charge is -2.04. The third-order valence-electron chi connectivity index (χ3n) is 4.19. The van der Waals surface area contributed by atoms with E-state index in [-0.39, 0.29) is 22.8 Å². The highest BCUT2D eigenvalue weighted by molar-refractivity contribution is 5.72. The number of benzene rings is 1. The van der Waals surface area contributed by atoms with Crippen LogP contribution in [-0.2, 0) is 0 Å². The molecule has 9 nitrogen and oxygen atoms in total. The summed E-state index contributed by atoms with van der Waals surface area (Å²) in [6.07, 6.45) is 2.90. The van der Waals surface area contributed by atoms with Gasteiger partial charge in [0.2, 0.25) is 5.76 Å². The molecule has 9 heteroatoms. The van der Waals surface area contributed by atoms with Gasteiger partial charge in [0.25, 0.3) is 5.69 Å². The largest absolute Gasteiger partial charge is 0.457 e. The van der Waals surface area contributed by atoms with E-state index < -0.39 is 9.85 Å². The Labute approximate surface area is 153 Å². The first-order valence-corrected chi connectivity index (χ1v) is 7.92. The van der Waals surface area contributed by atoms with Crippen molar-refractivity contribution < 1.29 is 18.8 Å². The van der Waals surface area contributed by atoms with Crippen LogP contribution >= 0.6 is 0 Å². The number of furan rings is 1. The topological polar surface area (TPSA) is 125 Å². The molecule has 1 aromatic carbocycles. The van der Waals surface area contributed by atoms with Gasteiger partial charge < -0.3 is 8.94 Å². The van der Waals surface area contributed by atoms with Crippen molar-refractivity contribution in [3.63, 3.8) is 0 Å². The van der Waals surface area contributed by atoms with Crippen molar-refractivity contribution in [2.45, 2.75) is 20.8 Å². The Bertz CT molecular complexity index is 1080. The van der Waals surface area contributed by atoms with E-state index in [4.69, 9.17) is 8.94 Å². The molecular weight excluding hydrogens is 354 g/mol. The fraction of sp³-hybridized carbons (Fsp3) is 0.167. The zero-order valence-corrected chi connectivity index (χ0v) is 14.8. The molecule has 0 spiro atoms. The number of nitro groups is 2. The van der Waals surface area contributed by atoms with E-state index in [1.165, 1.54) is 25.1 Å². The summed E-state index contributed by atoms with van der Waals surface area (Å²) < 4.78 is 10.6. The van der Waals surface area contributed by atoms with Crippen molar-refractivity contribution in [1.29, 1.82) is 0 Å². The molecule has 0 N–H and O–H groups in total. The van der Waals surface area contributed by atoms with Gasteiger partial charge in [0.15, 0.2) is 5.69 Å². The van der Waals surface area contributed by atoms with Crippen LogP contribution in [0.3, 0.4) is 0 Å². The lowest BCUT2D eigenvalue weighted by molar-refractivity contribution is -0.386. The van der Waals surface area contributed by atoms with Crippen molar-refractivity contribution in [3.05, 3.63) is 72.8 Å². The van der Waals surface area contributed by atoms with Gasteiger partial charge in [0.1, 0.15) is 11.5 Å². The van der Waals surface area contributed by atoms with Crippen molar-refractivity contribution in [3.8, 4) is 11.3 Å². The van der Waals surface area contributed by atoms with Gasteiger partial charge in [-0.1, -0.05) is 5.16 Å². The van der Waals surface area contributed by atoms with Crippen LogP contribution in [0.15, 0.2) is 33.2 Å². The Kier molecular flexibility index (Phi) is 4.59. The van der Waals surface area contributed by atoms with Crippen molar-refractivity contribution in [1.82, 2.24) is 5.16 Å². The smallest absolute Gasteiger partial charge is 0.338 e. The first kappa shape index (κ1) is 18.1. The summed E-state index contributed by atoms with van der Waals surface area (Å²) in [5.41, 5.74) is 1.95. The second-order valence-electron chi connectivity index (χ2n) is 5.97. The summed E-state index contributed by atoms with van der Waals surface area (Å²) in [5.74, 6) is 0.871. The summed E-state index contributed by atoms with van der Waals surface area (Å²) in [4.78, 5) is 21.3. The van der Waals surface area contributed by atoms with Crippen LogP contribution < -0.4 is 0 Å². The van der Waals surface area contributed by atoms with Crippen LogP contribution in [0.1, 0.15) is 28.3 Å². The fourth-order valence-electron chi connectivity index (χ4n) is 2.64. The van der Waals surface area contributed by atoms with Gasteiger partial charge in [-0.2, -0.15) is 0 Å². The van der Waals surface area contributed by atoms with Gasteiger partial charge in [0.05, 0.1) is 9.85 Å². The molecule has 138 valence electrons. The van der Waals surface area contributed by atoms with Gasteiger partial charge in [0, 0.05) is 17.2 Å². The van der Waals surface area contributed by atoms with Crippen LogP contribution in [0.2, 0.25) is 0 Å². The number of nitro benzene ring substituents is 1. The summed E-state index contributed by atoms with van der Waals surface area (Å²) in [7, 11) is 0. The minimum Gasteiger partial charge on any atom is -0.457 e. The second kappa shape index (κ2) is 6.87. The predicted octanol–water partition coefficient (Wildman–Crippen LogP) is 4.85. The molecule has 2 aromatic heterocycles. The van der Waals surface area contributed by atoms with Crippen LogP contribution in [0.4, 0.5) is 11.4 Å². The number of aromatic nitrogens is 1. The third-order valence-corrected chi connectivity index (χ3v) is 4.19. The molecule has 0 bridgehead atoms. The molecule has 0 unspecified atom stereocenters. The maximum absolute atomic E-state index is 11.2. The monoisotopic (exact) mass is 369 g/mol. The Balaban J connectivity index is 1.92. The van der Waals surface area contributed by atoms with Gasteiger partial charge >= 0.3 is 5.69 Å². The maximum atomic E-state index is 11.2. The molecule has 0 radical (unpaired) electrons. The second-order valence-corrected chi connectivity index (χ2v) is 5.97. The van der Waals surface area contributed by atoms with E-state index in [0.717, 1.165) is 5.56 Å².